The van der Waals surface area contributed by atoms with Gasteiger partial charge in [0.15, 0.2) is 5.82 Å². The summed E-state index contributed by atoms with van der Waals surface area (Å²) in [5, 5.41) is 6.05. The van der Waals surface area contributed by atoms with E-state index in [1.165, 1.54) is 0 Å². The third kappa shape index (κ3) is 3.86. The summed E-state index contributed by atoms with van der Waals surface area (Å²) in [6, 6.07) is 17.3. The maximum absolute atomic E-state index is 13.1. The van der Waals surface area contributed by atoms with Crippen molar-refractivity contribution in [1.82, 2.24) is 20.0 Å². The average Bonchev–Trinajstić information content (AvgIpc) is 3.48. The van der Waals surface area contributed by atoms with Gasteiger partial charge in [-0.2, -0.15) is 4.98 Å². The summed E-state index contributed by atoms with van der Waals surface area (Å²) in [5.41, 5.74) is 1.37. The number of nitrogens with zero attached hydrogens (tertiary/aromatic N) is 4. The van der Waals surface area contributed by atoms with E-state index in [-0.39, 0.29) is 5.91 Å². The number of hydrogen-bond acceptors (Lipinski definition) is 6. The zero-order valence-electron chi connectivity index (χ0n) is 17.2. The fourth-order valence-corrected chi connectivity index (χ4v) is 4.07. The number of ether oxygens (including phenoxy) is 1. The van der Waals surface area contributed by atoms with Crippen molar-refractivity contribution in [2.75, 3.05) is 20.2 Å². The number of carbonyl (C=O) groups is 1. The fraction of sp³-hybridized carbons (Fsp3) is 0.250. The van der Waals surface area contributed by atoms with Gasteiger partial charge in [-0.3, -0.25) is 9.78 Å². The van der Waals surface area contributed by atoms with E-state index in [0.717, 1.165) is 28.5 Å². The molecule has 0 saturated carbocycles. The molecule has 0 aliphatic carbocycles. The minimum absolute atomic E-state index is 0.0219. The van der Waals surface area contributed by atoms with Crippen molar-refractivity contribution >= 4 is 16.7 Å². The number of fused-ring (bicyclic) bond motifs is 1. The fourth-order valence-electron chi connectivity index (χ4n) is 4.07. The van der Waals surface area contributed by atoms with Gasteiger partial charge in [-0.25, -0.2) is 0 Å². The maximum atomic E-state index is 13.1. The van der Waals surface area contributed by atoms with Crippen molar-refractivity contribution in [3.8, 4) is 17.2 Å². The Hall–Kier alpha value is -3.74. The quantitative estimate of drug-likeness (QED) is 0.491. The summed E-state index contributed by atoms with van der Waals surface area (Å²) in [5.74, 6) is 2.20. The van der Waals surface area contributed by atoms with Crippen LogP contribution in [0.2, 0.25) is 0 Å². The Balaban J connectivity index is 1.26. The first kappa shape index (κ1) is 19.2. The molecule has 1 saturated heterocycles. The van der Waals surface area contributed by atoms with Gasteiger partial charge in [-0.1, -0.05) is 29.4 Å². The Labute approximate surface area is 179 Å². The molecule has 0 spiro atoms. The largest absolute Gasteiger partial charge is 0.497 e. The van der Waals surface area contributed by atoms with E-state index in [1.807, 2.05) is 59.5 Å². The van der Waals surface area contributed by atoms with Crippen molar-refractivity contribution < 1.29 is 14.1 Å². The monoisotopic (exact) mass is 414 g/mol. The van der Waals surface area contributed by atoms with Gasteiger partial charge in [-0.05, 0) is 48.1 Å². The standard InChI is InChI=1S/C24H22N4O3/c1-30-19-8-6-18(7-9-19)23-26-21(27-31-23)14-16-11-13-28(15-16)24(29)22-20-5-3-2-4-17(20)10-12-25-22/h2-10,12,16H,11,13-15H2,1H3. The van der Waals surface area contributed by atoms with Gasteiger partial charge in [0.25, 0.3) is 11.8 Å². The highest BCUT2D eigenvalue weighted by Gasteiger charge is 2.29. The molecular formula is C24H22N4O3. The second-order valence-electron chi connectivity index (χ2n) is 7.73. The lowest BCUT2D eigenvalue weighted by Crippen LogP contribution is -2.29. The van der Waals surface area contributed by atoms with Crippen molar-refractivity contribution in [3.05, 3.63) is 72.3 Å². The van der Waals surface area contributed by atoms with Crippen LogP contribution in [-0.4, -0.2) is 46.1 Å². The molecule has 2 aromatic heterocycles. The molecule has 2 aromatic carbocycles. The molecule has 0 radical (unpaired) electrons. The zero-order valence-corrected chi connectivity index (χ0v) is 17.2. The molecule has 1 fully saturated rings. The number of rotatable bonds is 5. The van der Waals surface area contributed by atoms with Crippen LogP contribution in [0, 0.1) is 5.92 Å². The van der Waals surface area contributed by atoms with E-state index in [9.17, 15) is 4.79 Å². The Morgan fingerprint density at radius 3 is 2.84 bits per heavy atom. The van der Waals surface area contributed by atoms with Gasteiger partial charge in [0.05, 0.1) is 7.11 Å². The third-order valence-corrected chi connectivity index (χ3v) is 5.73. The van der Waals surface area contributed by atoms with Gasteiger partial charge in [0, 0.05) is 36.7 Å². The average molecular weight is 414 g/mol. The molecule has 1 amide bonds. The van der Waals surface area contributed by atoms with Crippen molar-refractivity contribution in [2.45, 2.75) is 12.8 Å². The topological polar surface area (TPSA) is 81.4 Å². The summed E-state index contributed by atoms with van der Waals surface area (Å²) in [6.45, 7) is 1.37. The number of pyridine rings is 1. The highest BCUT2D eigenvalue weighted by Crippen LogP contribution is 2.26. The van der Waals surface area contributed by atoms with E-state index in [1.54, 1.807) is 13.3 Å². The van der Waals surface area contributed by atoms with Crippen LogP contribution in [0.1, 0.15) is 22.7 Å². The molecule has 3 heterocycles. The molecule has 1 unspecified atom stereocenters. The summed E-state index contributed by atoms with van der Waals surface area (Å²) in [7, 11) is 1.63. The number of methoxy groups -OCH3 is 1. The first-order chi connectivity index (χ1) is 15.2. The van der Waals surface area contributed by atoms with E-state index in [2.05, 4.69) is 15.1 Å². The highest BCUT2D eigenvalue weighted by molar-refractivity contribution is 6.05. The minimum atomic E-state index is -0.0219. The molecule has 156 valence electrons. The van der Waals surface area contributed by atoms with Crippen LogP contribution in [0.5, 0.6) is 5.75 Å². The van der Waals surface area contributed by atoms with Crippen molar-refractivity contribution in [1.29, 1.82) is 0 Å². The van der Waals surface area contributed by atoms with E-state index >= 15 is 0 Å². The molecule has 4 aromatic rings. The first-order valence-corrected chi connectivity index (χ1v) is 10.3. The van der Waals surface area contributed by atoms with Crippen molar-refractivity contribution in [2.24, 2.45) is 5.92 Å². The molecule has 7 heteroatoms. The molecule has 0 bridgehead atoms. The number of amides is 1. The maximum Gasteiger partial charge on any atom is 0.273 e. The van der Waals surface area contributed by atoms with Crippen molar-refractivity contribution in [3.63, 3.8) is 0 Å². The lowest BCUT2D eigenvalue weighted by Gasteiger charge is -2.16. The lowest BCUT2D eigenvalue weighted by atomic mass is 10.0. The number of likely N-dealkylation sites (tertiary alicyclic amines) is 1. The summed E-state index contributed by atoms with van der Waals surface area (Å²) < 4.78 is 10.6. The Bertz CT molecular complexity index is 1210. The minimum Gasteiger partial charge on any atom is -0.497 e. The van der Waals surface area contributed by atoms with Crippen LogP contribution < -0.4 is 4.74 Å². The molecule has 1 aliphatic rings. The van der Waals surface area contributed by atoms with Gasteiger partial charge in [0.1, 0.15) is 11.4 Å². The second kappa shape index (κ2) is 8.18. The van der Waals surface area contributed by atoms with Gasteiger partial charge in [0.2, 0.25) is 0 Å². The smallest absolute Gasteiger partial charge is 0.273 e. The lowest BCUT2D eigenvalue weighted by molar-refractivity contribution is 0.0783. The van der Waals surface area contributed by atoms with Gasteiger partial charge >= 0.3 is 0 Å². The SMILES string of the molecule is COc1ccc(-c2nc(CC3CCN(C(=O)c4nccc5ccccc45)C3)no2)cc1. The molecule has 0 N–H and O–H groups in total. The van der Waals surface area contributed by atoms with Gasteiger partial charge < -0.3 is 14.2 Å². The Morgan fingerprint density at radius 1 is 1.16 bits per heavy atom. The van der Waals surface area contributed by atoms with E-state index < -0.39 is 0 Å². The van der Waals surface area contributed by atoms with Gasteiger partial charge in [-0.15, -0.1) is 0 Å². The van der Waals surface area contributed by atoms with E-state index in [4.69, 9.17) is 9.26 Å². The zero-order chi connectivity index (χ0) is 21.2. The third-order valence-electron chi connectivity index (χ3n) is 5.73. The Kier molecular flexibility index (Phi) is 5.08. The predicted molar refractivity (Wildman–Crippen MR) is 116 cm³/mol. The molecule has 1 aliphatic heterocycles. The molecular weight excluding hydrogens is 392 g/mol. The molecule has 1 atom stereocenters. The summed E-state index contributed by atoms with van der Waals surface area (Å²) >= 11 is 0. The molecule has 7 nitrogen and oxygen atoms in total. The Morgan fingerprint density at radius 2 is 2.00 bits per heavy atom. The van der Waals surface area contributed by atoms with E-state index in [0.29, 0.717) is 42.8 Å². The highest BCUT2D eigenvalue weighted by atomic mass is 16.5. The number of hydrogen-bond donors (Lipinski definition) is 0. The number of aromatic nitrogens is 3. The van der Waals surface area contributed by atoms with Crippen LogP contribution in [0.15, 0.2) is 65.3 Å². The first-order valence-electron chi connectivity index (χ1n) is 10.3. The molecule has 5 rings (SSSR count). The van der Waals surface area contributed by atoms with Crippen LogP contribution >= 0.6 is 0 Å². The van der Waals surface area contributed by atoms with Crippen LogP contribution in [0.3, 0.4) is 0 Å². The van der Waals surface area contributed by atoms with Crippen LogP contribution in [0.25, 0.3) is 22.2 Å². The van der Waals surface area contributed by atoms with Crippen LogP contribution in [0.4, 0.5) is 0 Å². The molecule has 31 heavy (non-hydrogen) atoms. The predicted octanol–water partition coefficient (Wildman–Crippen LogP) is 4.00. The number of benzene rings is 2. The number of carbonyl (C=O) groups excluding carboxylic acids is 1. The second-order valence-corrected chi connectivity index (χ2v) is 7.73. The summed E-state index contributed by atoms with van der Waals surface area (Å²) in [6.07, 6.45) is 3.28. The normalized spacial score (nSPS) is 16.0. The summed E-state index contributed by atoms with van der Waals surface area (Å²) in [4.78, 5) is 23.9. The van der Waals surface area contributed by atoms with Crippen LogP contribution in [-0.2, 0) is 6.42 Å².